The van der Waals surface area contributed by atoms with E-state index in [4.69, 9.17) is 0 Å². The zero-order chi connectivity index (χ0) is 12.6. The second-order valence-electron chi connectivity index (χ2n) is 5.94. The van der Waals surface area contributed by atoms with Crippen LogP contribution in [0.25, 0.3) is 0 Å². The molecule has 2 aliphatic rings. The van der Waals surface area contributed by atoms with E-state index in [0.717, 1.165) is 19.5 Å². The zero-order valence-electron chi connectivity index (χ0n) is 11.1. The number of likely N-dealkylation sites (tertiary alicyclic amines) is 1. The molecule has 4 heteroatoms. The number of likely N-dealkylation sites (N-methyl/N-ethyl adjacent to an activating group) is 1. The molecule has 1 saturated carbocycles. The minimum atomic E-state index is -0.733. The number of rotatable bonds is 5. The van der Waals surface area contributed by atoms with Crippen LogP contribution in [-0.4, -0.2) is 58.1 Å². The lowest BCUT2D eigenvalue weighted by atomic mass is 10.1. The first-order chi connectivity index (χ1) is 7.92. The molecule has 4 nitrogen and oxygen atoms in total. The highest BCUT2D eigenvalue weighted by Gasteiger charge is 2.42. The first-order valence-electron chi connectivity index (χ1n) is 6.69. The van der Waals surface area contributed by atoms with Crippen molar-refractivity contribution in [1.82, 2.24) is 9.80 Å². The smallest absolute Gasteiger partial charge is 0.240 e. The Labute approximate surface area is 104 Å². The SMILES string of the molecule is CCN(CC(C)(C)O)C1CCN(C2CC2)C1=O. The van der Waals surface area contributed by atoms with E-state index in [1.54, 1.807) is 13.8 Å². The van der Waals surface area contributed by atoms with Gasteiger partial charge in [-0.05, 0) is 39.7 Å². The van der Waals surface area contributed by atoms with Gasteiger partial charge in [0, 0.05) is 19.1 Å². The van der Waals surface area contributed by atoms with Crippen LogP contribution in [0.1, 0.15) is 40.0 Å². The fraction of sp³-hybridized carbons (Fsp3) is 0.923. The van der Waals surface area contributed by atoms with Gasteiger partial charge >= 0.3 is 0 Å². The van der Waals surface area contributed by atoms with E-state index in [2.05, 4.69) is 11.8 Å². The van der Waals surface area contributed by atoms with Gasteiger partial charge in [0.1, 0.15) is 0 Å². The van der Waals surface area contributed by atoms with Crippen molar-refractivity contribution in [3.63, 3.8) is 0 Å². The van der Waals surface area contributed by atoms with E-state index in [0.29, 0.717) is 12.6 Å². The number of hydrogen-bond donors (Lipinski definition) is 1. The Balaban J connectivity index is 1.98. The second-order valence-corrected chi connectivity index (χ2v) is 5.94. The van der Waals surface area contributed by atoms with Crippen molar-refractivity contribution in [2.75, 3.05) is 19.6 Å². The molecule has 1 heterocycles. The number of carbonyl (C=O) groups is 1. The van der Waals surface area contributed by atoms with Gasteiger partial charge in [0.2, 0.25) is 5.91 Å². The summed E-state index contributed by atoms with van der Waals surface area (Å²) in [5.74, 6) is 0.276. The largest absolute Gasteiger partial charge is 0.389 e. The predicted octanol–water partition coefficient (Wildman–Crippen LogP) is 0.842. The molecule has 1 saturated heterocycles. The maximum atomic E-state index is 12.3. The molecular weight excluding hydrogens is 216 g/mol. The molecule has 98 valence electrons. The molecule has 1 unspecified atom stereocenters. The fourth-order valence-electron chi connectivity index (χ4n) is 2.71. The Kier molecular flexibility index (Phi) is 3.46. The Bertz CT molecular complexity index is 294. The molecule has 1 N–H and O–H groups in total. The lowest BCUT2D eigenvalue weighted by molar-refractivity contribution is -0.133. The van der Waals surface area contributed by atoms with Crippen LogP contribution in [0.3, 0.4) is 0 Å². The molecule has 17 heavy (non-hydrogen) atoms. The van der Waals surface area contributed by atoms with E-state index in [1.807, 2.05) is 4.90 Å². The third-order valence-corrected chi connectivity index (χ3v) is 3.64. The van der Waals surface area contributed by atoms with E-state index in [1.165, 1.54) is 12.8 Å². The van der Waals surface area contributed by atoms with Gasteiger partial charge in [-0.3, -0.25) is 9.69 Å². The number of carbonyl (C=O) groups excluding carboxylic acids is 1. The molecule has 0 spiro atoms. The van der Waals surface area contributed by atoms with Crippen LogP contribution < -0.4 is 0 Å². The molecule has 1 atom stereocenters. The normalized spacial score (nSPS) is 26.1. The van der Waals surface area contributed by atoms with Crippen molar-refractivity contribution < 1.29 is 9.90 Å². The highest BCUT2D eigenvalue weighted by molar-refractivity contribution is 5.84. The van der Waals surface area contributed by atoms with E-state index in [-0.39, 0.29) is 11.9 Å². The summed E-state index contributed by atoms with van der Waals surface area (Å²) in [6.45, 7) is 7.94. The van der Waals surface area contributed by atoms with Crippen LogP contribution >= 0.6 is 0 Å². The third kappa shape index (κ3) is 2.99. The van der Waals surface area contributed by atoms with Crippen LogP contribution in [0.5, 0.6) is 0 Å². The average Bonchev–Trinajstić information content (AvgIpc) is 2.99. The molecule has 1 amide bonds. The number of aliphatic hydroxyl groups is 1. The van der Waals surface area contributed by atoms with Gasteiger partial charge in [0.05, 0.1) is 11.6 Å². The predicted molar refractivity (Wildman–Crippen MR) is 66.7 cm³/mol. The van der Waals surface area contributed by atoms with Crippen LogP contribution in [-0.2, 0) is 4.79 Å². The molecule has 1 aliphatic carbocycles. The van der Waals surface area contributed by atoms with Gasteiger partial charge in [-0.25, -0.2) is 0 Å². The summed E-state index contributed by atoms with van der Waals surface area (Å²) in [5.41, 5.74) is -0.733. The Morgan fingerprint density at radius 3 is 2.53 bits per heavy atom. The van der Waals surface area contributed by atoms with Crippen molar-refractivity contribution in [3.05, 3.63) is 0 Å². The van der Waals surface area contributed by atoms with Crippen molar-refractivity contribution in [3.8, 4) is 0 Å². The lowest BCUT2D eigenvalue weighted by Crippen LogP contribution is -2.48. The quantitative estimate of drug-likeness (QED) is 0.774. The molecule has 0 bridgehead atoms. The van der Waals surface area contributed by atoms with E-state index >= 15 is 0 Å². The monoisotopic (exact) mass is 240 g/mol. The summed E-state index contributed by atoms with van der Waals surface area (Å²) >= 11 is 0. The minimum absolute atomic E-state index is 0.00738. The van der Waals surface area contributed by atoms with Gasteiger partial charge in [-0.15, -0.1) is 0 Å². The van der Waals surface area contributed by atoms with Crippen molar-refractivity contribution in [1.29, 1.82) is 0 Å². The van der Waals surface area contributed by atoms with Crippen molar-refractivity contribution >= 4 is 5.91 Å². The van der Waals surface area contributed by atoms with Crippen LogP contribution in [0.2, 0.25) is 0 Å². The zero-order valence-corrected chi connectivity index (χ0v) is 11.1. The van der Waals surface area contributed by atoms with Gasteiger partial charge in [0.15, 0.2) is 0 Å². The number of amides is 1. The summed E-state index contributed by atoms with van der Waals surface area (Å²) in [7, 11) is 0. The standard InChI is InChI=1S/C13H24N2O2/c1-4-14(9-13(2,3)17)11-7-8-15(12(11)16)10-5-6-10/h10-11,17H,4-9H2,1-3H3. The number of hydrogen-bond acceptors (Lipinski definition) is 3. The summed E-state index contributed by atoms with van der Waals surface area (Å²) in [6, 6.07) is 0.514. The molecule has 0 aromatic heterocycles. The second kappa shape index (κ2) is 4.58. The maximum absolute atomic E-state index is 12.3. The molecule has 0 aromatic carbocycles. The van der Waals surface area contributed by atoms with Gasteiger partial charge in [-0.2, -0.15) is 0 Å². The third-order valence-electron chi connectivity index (χ3n) is 3.64. The molecular formula is C13H24N2O2. The first-order valence-corrected chi connectivity index (χ1v) is 6.69. The number of nitrogens with zero attached hydrogens (tertiary/aromatic N) is 2. The van der Waals surface area contributed by atoms with E-state index in [9.17, 15) is 9.90 Å². The van der Waals surface area contributed by atoms with Crippen molar-refractivity contribution in [2.24, 2.45) is 0 Å². The molecule has 2 rings (SSSR count). The van der Waals surface area contributed by atoms with Gasteiger partial charge in [0.25, 0.3) is 0 Å². The fourth-order valence-corrected chi connectivity index (χ4v) is 2.71. The summed E-state index contributed by atoms with van der Waals surface area (Å²) < 4.78 is 0. The highest BCUT2D eigenvalue weighted by Crippen LogP contribution is 2.32. The van der Waals surface area contributed by atoms with Gasteiger partial charge < -0.3 is 10.0 Å². The lowest BCUT2D eigenvalue weighted by Gasteiger charge is -2.31. The first kappa shape index (κ1) is 12.8. The summed E-state index contributed by atoms with van der Waals surface area (Å²) in [6.07, 6.45) is 3.27. The summed E-state index contributed by atoms with van der Waals surface area (Å²) in [4.78, 5) is 16.4. The van der Waals surface area contributed by atoms with Crippen LogP contribution in [0.15, 0.2) is 0 Å². The maximum Gasteiger partial charge on any atom is 0.240 e. The minimum Gasteiger partial charge on any atom is -0.389 e. The summed E-state index contributed by atoms with van der Waals surface area (Å²) in [5, 5.41) is 9.89. The highest BCUT2D eigenvalue weighted by atomic mass is 16.3. The Morgan fingerprint density at radius 1 is 1.41 bits per heavy atom. The Hall–Kier alpha value is -0.610. The molecule has 0 aromatic rings. The molecule has 2 fully saturated rings. The van der Waals surface area contributed by atoms with E-state index < -0.39 is 5.60 Å². The van der Waals surface area contributed by atoms with Crippen LogP contribution in [0.4, 0.5) is 0 Å². The Morgan fingerprint density at radius 2 is 2.06 bits per heavy atom. The van der Waals surface area contributed by atoms with Gasteiger partial charge in [-0.1, -0.05) is 6.92 Å². The van der Waals surface area contributed by atoms with Crippen LogP contribution in [0, 0.1) is 0 Å². The molecule has 0 radical (unpaired) electrons. The topological polar surface area (TPSA) is 43.8 Å². The average molecular weight is 240 g/mol. The van der Waals surface area contributed by atoms with Crippen molar-refractivity contribution in [2.45, 2.75) is 57.7 Å². The molecule has 1 aliphatic heterocycles.